The fourth-order valence-corrected chi connectivity index (χ4v) is 5.11. The van der Waals surface area contributed by atoms with Gasteiger partial charge < -0.3 is 14.8 Å². The molecule has 0 bridgehead atoms. The average Bonchev–Trinajstić information content (AvgIpc) is 3.30. The number of halogens is 1. The van der Waals surface area contributed by atoms with Crippen LogP contribution in [0.15, 0.2) is 77.5 Å². The lowest BCUT2D eigenvalue weighted by atomic mass is 9.84. The van der Waals surface area contributed by atoms with Gasteiger partial charge in [-0.1, -0.05) is 47.7 Å². The van der Waals surface area contributed by atoms with E-state index in [1.54, 1.807) is 13.2 Å². The molecule has 0 spiro atoms. The lowest BCUT2D eigenvalue weighted by molar-refractivity contribution is 0.222. The molecule has 4 aromatic rings. The summed E-state index contributed by atoms with van der Waals surface area (Å²) in [5, 5.41) is 8.99. The number of aromatic nitrogens is 3. The zero-order chi connectivity index (χ0) is 24.1. The summed E-state index contributed by atoms with van der Waals surface area (Å²) < 4.78 is 28.2. The van der Waals surface area contributed by atoms with Crippen LogP contribution in [0.1, 0.15) is 34.4 Å². The van der Waals surface area contributed by atoms with E-state index in [0.29, 0.717) is 11.1 Å². The molecule has 6 rings (SSSR count). The smallest absolute Gasteiger partial charge is 0.227 e. The number of anilines is 1. The van der Waals surface area contributed by atoms with E-state index in [-0.39, 0.29) is 11.9 Å². The highest BCUT2D eigenvalue weighted by atomic mass is 32.2. The van der Waals surface area contributed by atoms with Crippen molar-refractivity contribution in [3.63, 3.8) is 0 Å². The van der Waals surface area contributed by atoms with Crippen molar-refractivity contribution in [3.05, 3.63) is 100 Å². The second kappa shape index (κ2) is 8.46. The predicted molar refractivity (Wildman–Crippen MR) is 134 cm³/mol. The first-order valence-electron chi connectivity index (χ1n) is 11.2. The standard InChI is InChI=1S/C27H23FN4O2S/c1-15-7-12-21-20(13-15)23-22(25(34-21)17-5-4-6-18(28)14-17)24(16-8-10-19(33-2)11-9-16)32-26(29-23)30-27(31-32)35-3/h4-14,24-25H,1-3H3,(H,29,30,31)/t24-,25+/m1/s1. The average molecular weight is 487 g/mol. The van der Waals surface area contributed by atoms with Gasteiger partial charge in [0.2, 0.25) is 11.1 Å². The molecule has 0 amide bonds. The van der Waals surface area contributed by atoms with Crippen LogP contribution >= 0.6 is 11.8 Å². The molecule has 176 valence electrons. The van der Waals surface area contributed by atoms with E-state index in [1.807, 2.05) is 53.4 Å². The summed E-state index contributed by atoms with van der Waals surface area (Å²) in [5.74, 6) is 1.85. The van der Waals surface area contributed by atoms with E-state index in [2.05, 4.69) is 18.3 Å². The Hall–Kier alpha value is -3.78. The number of methoxy groups -OCH3 is 1. The fourth-order valence-electron chi connectivity index (χ4n) is 4.76. The van der Waals surface area contributed by atoms with Gasteiger partial charge in [-0.3, -0.25) is 0 Å². The molecule has 35 heavy (non-hydrogen) atoms. The van der Waals surface area contributed by atoms with Crippen molar-refractivity contribution in [1.82, 2.24) is 14.8 Å². The van der Waals surface area contributed by atoms with Gasteiger partial charge >= 0.3 is 0 Å². The van der Waals surface area contributed by atoms with Crippen molar-refractivity contribution in [2.75, 3.05) is 18.7 Å². The predicted octanol–water partition coefficient (Wildman–Crippen LogP) is 6.02. The number of thioether (sulfide) groups is 1. The molecule has 2 atom stereocenters. The summed E-state index contributed by atoms with van der Waals surface area (Å²) in [6, 6.07) is 20.3. The largest absolute Gasteiger partial charge is 0.497 e. The maximum absolute atomic E-state index is 14.4. The van der Waals surface area contributed by atoms with Crippen LogP contribution in [0, 0.1) is 12.7 Å². The topological polar surface area (TPSA) is 61.2 Å². The van der Waals surface area contributed by atoms with Gasteiger partial charge in [-0.25, -0.2) is 9.07 Å². The number of nitrogens with zero attached hydrogens (tertiary/aromatic N) is 3. The summed E-state index contributed by atoms with van der Waals surface area (Å²) in [7, 11) is 1.65. The Balaban J connectivity index is 1.63. The van der Waals surface area contributed by atoms with Gasteiger partial charge in [0.15, 0.2) is 0 Å². The summed E-state index contributed by atoms with van der Waals surface area (Å²) in [6.45, 7) is 2.05. The molecule has 0 unspecified atom stereocenters. The van der Waals surface area contributed by atoms with Gasteiger partial charge in [0.05, 0.1) is 12.8 Å². The van der Waals surface area contributed by atoms with Crippen molar-refractivity contribution >= 4 is 23.4 Å². The minimum Gasteiger partial charge on any atom is -0.497 e. The van der Waals surface area contributed by atoms with Crippen molar-refractivity contribution in [2.24, 2.45) is 0 Å². The van der Waals surface area contributed by atoms with Crippen LogP contribution in [-0.4, -0.2) is 28.1 Å². The minimum absolute atomic E-state index is 0.307. The Labute approximate surface area is 206 Å². The normalized spacial score (nSPS) is 18.2. The minimum atomic E-state index is -0.523. The van der Waals surface area contributed by atoms with Crippen LogP contribution in [0.4, 0.5) is 10.3 Å². The maximum Gasteiger partial charge on any atom is 0.227 e. The molecule has 3 aromatic carbocycles. The van der Waals surface area contributed by atoms with Gasteiger partial charge in [-0.15, -0.1) is 5.10 Å². The lowest BCUT2D eigenvalue weighted by Crippen LogP contribution is -2.32. The first-order valence-corrected chi connectivity index (χ1v) is 12.5. The van der Waals surface area contributed by atoms with Crippen LogP contribution in [-0.2, 0) is 0 Å². The van der Waals surface area contributed by atoms with Crippen LogP contribution in [0.5, 0.6) is 11.5 Å². The molecule has 0 saturated heterocycles. The Morgan fingerprint density at radius 2 is 1.89 bits per heavy atom. The third kappa shape index (κ3) is 3.65. The highest BCUT2D eigenvalue weighted by Gasteiger charge is 2.41. The third-order valence-electron chi connectivity index (χ3n) is 6.37. The first-order chi connectivity index (χ1) is 17.1. The zero-order valence-electron chi connectivity index (χ0n) is 19.4. The molecule has 3 heterocycles. The molecule has 1 N–H and O–H groups in total. The number of rotatable bonds is 4. The van der Waals surface area contributed by atoms with Crippen molar-refractivity contribution in [3.8, 4) is 11.5 Å². The summed E-state index contributed by atoms with van der Waals surface area (Å²) >= 11 is 1.48. The molecule has 0 aliphatic carbocycles. The number of fused-ring (bicyclic) bond motifs is 3. The second-order valence-corrected chi connectivity index (χ2v) is 9.32. The number of nitrogens with one attached hydrogen (secondary N) is 1. The zero-order valence-corrected chi connectivity index (χ0v) is 20.3. The fraction of sp³-hybridized carbons (Fsp3) is 0.185. The SMILES string of the molecule is COc1ccc([C@@H]2C3=C(Nc4nc(SC)nn42)c2cc(C)ccc2O[C@H]3c2cccc(F)c2)cc1. The molecule has 6 nitrogen and oxygen atoms in total. The Kier molecular flexibility index (Phi) is 5.25. The summed E-state index contributed by atoms with van der Waals surface area (Å²) in [4.78, 5) is 4.72. The molecule has 0 radical (unpaired) electrons. The van der Waals surface area contributed by atoms with Gasteiger partial charge in [0.25, 0.3) is 0 Å². The van der Waals surface area contributed by atoms with E-state index < -0.39 is 6.10 Å². The molecule has 1 aromatic heterocycles. The number of aryl methyl sites for hydroxylation is 1. The monoisotopic (exact) mass is 486 g/mol. The first kappa shape index (κ1) is 21.7. The van der Waals surface area contributed by atoms with Crippen LogP contribution in [0.25, 0.3) is 5.70 Å². The van der Waals surface area contributed by atoms with Gasteiger partial charge in [0, 0.05) is 11.1 Å². The molecule has 8 heteroatoms. The quantitative estimate of drug-likeness (QED) is 0.356. The molecule has 0 saturated carbocycles. The number of hydrogen-bond acceptors (Lipinski definition) is 6. The van der Waals surface area contributed by atoms with Crippen molar-refractivity contribution in [2.45, 2.75) is 24.2 Å². The molecular formula is C27H23FN4O2S. The van der Waals surface area contributed by atoms with E-state index in [9.17, 15) is 4.39 Å². The van der Waals surface area contributed by atoms with Gasteiger partial charge in [-0.05, 0) is 60.7 Å². The maximum atomic E-state index is 14.4. The molecule has 2 aliphatic heterocycles. The van der Waals surface area contributed by atoms with Crippen molar-refractivity contribution < 1.29 is 13.9 Å². The van der Waals surface area contributed by atoms with E-state index >= 15 is 0 Å². The Bertz CT molecular complexity index is 1460. The highest BCUT2D eigenvalue weighted by Crippen LogP contribution is 2.51. The summed E-state index contributed by atoms with van der Waals surface area (Å²) in [5.41, 5.74) is 5.66. The van der Waals surface area contributed by atoms with Gasteiger partial charge in [0.1, 0.15) is 29.5 Å². The lowest BCUT2D eigenvalue weighted by Gasteiger charge is -2.39. The van der Waals surface area contributed by atoms with Crippen molar-refractivity contribution in [1.29, 1.82) is 0 Å². The number of hydrogen-bond donors (Lipinski definition) is 1. The Morgan fingerprint density at radius 1 is 1.06 bits per heavy atom. The Morgan fingerprint density at radius 3 is 2.63 bits per heavy atom. The van der Waals surface area contributed by atoms with E-state index in [4.69, 9.17) is 19.6 Å². The summed E-state index contributed by atoms with van der Waals surface area (Å²) in [6.07, 6.45) is 1.43. The van der Waals surface area contributed by atoms with Crippen LogP contribution in [0.3, 0.4) is 0 Å². The molecular weight excluding hydrogens is 463 g/mol. The van der Waals surface area contributed by atoms with Crippen LogP contribution in [0.2, 0.25) is 0 Å². The number of benzene rings is 3. The molecule has 0 fully saturated rings. The van der Waals surface area contributed by atoms with E-state index in [1.165, 1.54) is 23.9 Å². The second-order valence-electron chi connectivity index (χ2n) is 8.55. The molecule has 2 aliphatic rings. The van der Waals surface area contributed by atoms with Gasteiger partial charge in [-0.2, -0.15) is 4.98 Å². The van der Waals surface area contributed by atoms with E-state index in [0.717, 1.165) is 45.0 Å². The third-order valence-corrected chi connectivity index (χ3v) is 6.91. The highest BCUT2D eigenvalue weighted by molar-refractivity contribution is 7.98. The van der Waals surface area contributed by atoms with Crippen LogP contribution < -0.4 is 14.8 Å². The number of ether oxygens (including phenoxy) is 2.